The summed E-state index contributed by atoms with van der Waals surface area (Å²) in [4.78, 5) is 24.7. The number of phenolic OH excluding ortho intramolecular Hbond substituents is 1. The number of aliphatic carboxylic acids is 1. The predicted molar refractivity (Wildman–Crippen MR) is 97.3 cm³/mol. The molecule has 0 aliphatic heterocycles. The van der Waals surface area contributed by atoms with Crippen molar-refractivity contribution in [3.8, 4) is 5.75 Å². The van der Waals surface area contributed by atoms with Gasteiger partial charge in [-0.15, -0.1) is 0 Å². The lowest BCUT2D eigenvalue weighted by Crippen LogP contribution is -2.55. The Bertz CT molecular complexity index is 1070. The number of carbonyl (C=O) groups excluding carboxylic acids is 1. The summed E-state index contributed by atoms with van der Waals surface area (Å²) >= 11 is 0. The average Bonchev–Trinajstić information content (AvgIpc) is 3.04. The molecule has 3 N–H and O–H groups in total. The number of halogens is 1. The van der Waals surface area contributed by atoms with Gasteiger partial charge < -0.3 is 15.5 Å². The highest BCUT2D eigenvalue weighted by Gasteiger charge is 2.45. The van der Waals surface area contributed by atoms with Gasteiger partial charge in [0.15, 0.2) is 0 Å². The summed E-state index contributed by atoms with van der Waals surface area (Å²) in [5, 5.41) is 23.1. The molecule has 3 aromatic carbocycles. The van der Waals surface area contributed by atoms with Gasteiger partial charge in [-0.05, 0) is 17.2 Å². The van der Waals surface area contributed by atoms with Crippen molar-refractivity contribution in [3.63, 3.8) is 0 Å². The van der Waals surface area contributed by atoms with Gasteiger partial charge in [0.1, 0.15) is 17.1 Å². The van der Waals surface area contributed by atoms with Crippen LogP contribution >= 0.6 is 0 Å². The first kappa shape index (κ1) is 17.0. The molecule has 0 heterocycles. The van der Waals surface area contributed by atoms with Crippen molar-refractivity contribution in [2.45, 2.75) is 18.4 Å². The molecule has 0 atom stereocenters. The zero-order valence-electron chi connectivity index (χ0n) is 14.2. The van der Waals surface area contributed by atoms with Crippen LogP contribution in [0.2, 0.25) is 0 Å². The standard InChI is InChI=1S/C21H16FNO4/c22-17-9-16(18(24)15-8-4-3-7-14(15)17)19(25)23-21(20(26)27)10-12-5-1-2-6-13(12)11-21/h1-9,24H,10-11H2,(H,23,25)(H,26,27). The molecule has 0 saturated heterocycles. The number of fused-ring (bicyclic) bond motifs is 2. The molecule has 0 unspecified atom stereocenters. The van der Waals surface area contributed by atoms with Crippen LogP contribution in [0, 0.1) is 5.82 Å². The minimum atomic E-state index is -1.53. The second kappa shape index (κ2) is 6.09. The number of carboxylic acid groups (broad SMARTS) is 1. The van der Waals surface area contributed by atoms with E-state index in [4.69, 9.17) is 0 Å². The largest absolute Gasteiger partial charge is 0.506 e. The smallest absolute Gasteiger partial charge is 0.330 e. The van der Waals surface area contributed by atoms with Gasteiger partial charge in [0.25, 0.3) is 5.91 Å². The summed E-state index contributed by atoms with van der Waals surface area (Å²) in [6.07, 6.45) is 0.252. The van der Waals surface area contributed by atoms with E-state index in [-0.39, 0.29) is 34.9 Å². The molecule has 0 saturated carbocycles. The van der Waals surface area contributed by atoms with Gasteiger partial charge in [0, 0.05) is 23.6 Å². The van der Waals surface area contributed by atoms with Crippen molar-refractivity contribution in [1.29, 1.82) is 0 Å². The van der Waals surface area contributed by atoms with Gasteiger partial charge in [-0.1, -0.05) is 48.5 Å². The van der Waals surface area contributed by atoms with Crippen LogP contribution < -0.4 is 5.32 Å². The molecule has 1 aliphatic carbocycles. The van der Waals surface area contributed by atoms with E-state index in [0.29, 0.717) is 0 Å². The van der Waals surface area contributed by atoms with E-state index in [1.165, 1.54) is 12.1 Å². The van der Waals surface area contributed by atoms with Crippen molar-refractivity contribution >= 4 is 22.6 Å². The lowest BCUT2D eigenvalue weighted by atomic mass is 9.94. The first-order valence-electron chi connectivity index (χ1n) is 8.44. The molecule has 27 heavy (non-hydrogen) atoms. The number of aromatic hydroxyl groups is 1. The normalized spacial score (nSPS) is 14.7. The fourth-order valence-electron chi connectivity index (χ4n) is 3.68. The Morgan fingerprint density at radius 3 is 2.11 bits per heavy atom. The van der Waals surface area contributed by atoms with Crippen molar-refractivity contribution in [1.82, 2.24) is 5.32 Å². The van der Waals surface area contributed by atoms with Crippen LogP contribution in [-0.4, -0.2) is 27.6 Å². The second-order valence-corrected chi connectivity index (χ2v) is 6.76. The van der Waals surface area contributed by atoms with E-state index in [1.807, 2.05) is 24.3 Å². The lowest BCUT2D eigenvalue weighted by molar-refractivity contribution is -0.144. The van der Waals surface area contributed by atoms with Gasteiger partial charge in [-0.3, -0.25) is 4.79 Å². The number of carbonyl (C=O) groups is 2. The minimum absolute atomic E-state index is 0.126. The van der Waals surface area contributed by atoms with Crippen LogP contribution in [0.25, 0.3) is 10.8 Å². The molecular formula is C21H16FNO4. The van der Waals surface area contributed by atoms with E-state index in [1.54, 1.807) is 12.1 Å². The fourth-order valence-corrected chi connectivity index (χ4v) is 3.68. The highest BCUT2D eigenvalue weighted by atomic mass is 19.1. The van der Waals surface area contributed by atoms with E-state index in [9.17, 15) is 24.2 Å². The third-order valence-corrected chi connectivity index (χ3v) is 5.08. The van der Waals surface area contributed by atoms with Crippen LogP contribution in [0.1, 0.15) is 21.5 Å². The molecule has 0 fully saturated rings. The van der Waals surface area contributed by atoms with Crippen molar-refractivity contribution in [2.24, 2.45) is 0 Å². The topological polar surface area (TPSA) is 86.6 Å². The predicted octanol–water partition coefficient (Wildman–Crippen LogP) is 3.04. The molecule has 0 radical (unpaired) electrons. The molecule has 4 rings (SSSR count). The molecule has 0 bridgehead atoms. The van der Waals surface area contributed by atoms with Gasteiger partial charge >= 0.3 is 5.97 Å². The molecule has 0 aromatic heterocycles. The van der Waals surface area contributed by atoms with Gasteiger partial charge in [0.05, 0.1) is 5.56 Å². The summed E-state index contributed by atoms with van der Waals surface area (Å²) in [7, 11) is 0. The van der Waals surface area contributed by atoms with E-state index < -0.39 is 23.2 Å². The van der Waals surface area contributed by atoms with Crippen LogP contribution in [0.15, 0.2) is 54.6 Å². The average molecular weight is 365 g/mol. The van der Waals surface area contributed by atoms with Gasteiger partial charge in [-0.25, -0.2) is 9.18 Å². The van der Waals surface area contributed by atoms with Crippen LogP contribution in [0.5, 0.6) is 5.75 Å². The van der Waals surface area contributed by atoms with Crippen molar-refractivity contribution < 1.29 is 24.2 Å². The molecule has 1 amide bonds. The highest BCUT2D eigenvalue weighted by molar-refractivity contribution is 6.05. The molecule has 6 heteroatoms. The summed E-state index contributed by atoms with van der Waals surface area (Å²) < 4.78 is 14.4. The number of benzene rings is 3. The maximum atomic E-state index is 14.4. The number of phenols is 1. The third kappa shape index (κ3) is 2.70. The molecule has 3 aromatic rings. The van der Waals surface area contributed by atoms with Gasteiger partial charge in [0.2, 0.25) is 0 Å². The Hall–Kier alpha value is -3.41. The van der Waals surface area contributed by atoms with Crippen molar-refractivity contribution in [3.05, 3.63) is 77.1 Å². The Morgan fingerprint density at radius 2 is 1.52 bits per heavy atom. The Morgan fingerprint density at radius 1 is 0.963 bits per heavy atom. The van der Waals surface area contributed by atoms with Crippen LogP contribution in [0.4, 0.5) is 4.39 Å². The van der Waals surface area contributed by atoms with E-state index >= 15 is 0 Å². The number of nitrogens with one attached hydrogen (secondary N) is 1. The molecule has 0 spiro atoms. The molecule has 1 aliphatic rings. The monoisotopic (exact) mass is 365 g/mol. The Balaban J connectivity index is 1.73. The number of hydrogen-bond acceptors (Lipinski definition) is 3. The number of amides is 1. The van der Waals surface area contributed by atoms with E-state index in [2.05, 4.69) is 5.32 Å². The highest BCUT2D eigenvalue weighted by Crippen LogP contribution is 2.34. The Kier molecular flexibility index (Phi) is 3.84. The summed E-state index contributed by atoms with van der Waals surface area (Å²) in [6, 6.07) is 14.4. The maximum Gasteiger partial charge on any atom is 0.330 e. The maximum absolute atomic E-state index is 14.4. The zero-order valence-corrected chi connectivity index (χ0v) is 14.2. The zero-order chi connectivity index (χ0) is 19.2. The van der Waals surface area contributed by atoms with Crippen molar-refractivity contribution in [2.75, 3.05) is 0 Å². The van der Waals surface area contributed by atoms with Crippen LogP contribution in [-0.2, 0) is 17.6 Å². The number of rotatable bonds is 3. The molecular weight excluding hydrogens is 349 g/mol. The second-order valence-electron chi connectivity index (χ2n) is 6.76. The molecule has 136 valence electrons. The summed E-state index contributed by atoms with van der Waals surface area (Å²) in [5.41, 5.74) is -0.138. The fraction of sp³-hybridized carbons (Fsp3) is 0.143. The molecule has 5 nitrogen and oxygen atoms in total. The quantitative estimate of drug-likeness (QED) is 0.666. The third-order valence-electron chi connectivity index (χ3n) is 5.08. The summed E-state index contributed by atoms with van der Waals surface area (Å²) in [6.45, 7) is 0. The minimum Gasteiger partial charge on any atom is -0.506 e. The summed E-state index contributed by atoms with van der Waals surface area (Å²) in [5.74, 6) is -3.03. The Labute approximate surface area is 154 Å². The van der Waals surface area contributed by atoms with Gasteiger partial charge in [-0.2, -0.15) is 0 Å². The number of hydrogen-bond donors (Lipinski definition) is 3. The number of carboxylic acids is 1. The SMILES string of the molecule is O=C(NC1(C(=O)O)Cc2ccccc2C1)c1cc(F)c2ccccc2c1O. The first-order chi connectivity index (χ1) is 12.9. The first-order valence-corrected chi connectivity index (χ1v) is 8.44. The van der Waals surface area contributed by atoms with E-state index in [0.717, 1.165) is 17.2 Å². The lowest BCUT2D eigenvalue weighted by Gasteiger charge is -2.26. The van der Waals surface area contributed by atoms with Crippen LogP contribution in [0.3, 0.4) is 0 Å².